The number of aliphatic hydroxyl groups is 1. The molecule has 0 radical (unpaired) electrons. The lowest BCUT2D eigenvalue weighted by atomic mass is 9.70. The Labute approximate surface area is 227 Å². The average Bonchev–Trinajstić information content (AvgIpc) is 3.52. The Balaban J connectivity index is 1.53. The van der Waals surface area contributed by atoms with Gasteiger partial charge in [0.1, 0.15) is 11.6 Å². The van der Waals surface area contributed by atoms with E-state index in [-0.39, 0.29) is 24.3 Å². The van der Waals surface area contributed by atoms with Gasteiger partial charge < -0.3 is 25.4 Å². The maximum Gasteiger partial charge on any atom is 0.250 e. The molecule has 2 aromatic rings. The van der Waals surface area contributed by atoms with Crippen molar-refractivity contribution in [1.82, 2.24) is 4.90 Å². The molecule has 3 heterocycles. The van der Waals surface area contributed by atoms with Gasteiger partial charge in [-0.05, 0) is 55.9 Å². The van der Waals surface area contributed by atoms with Crippen LogP contribution in [0.2, 0.25) is 5.02 Å². The molecule has 3 fully saturated rings. The second kappa shape index (κ2) is 10.3. The molecule has 9 heteroatoms. The number of aliphatic hydroxyl groups excluding tert-OH is 1. The fourth-order valence-corrected chi connectivity index (χ4v) is 6.90. The molecule has 2 bridgehead atoms. The summed E-state index contributed by atoms with van der Waals surface area (Å²) in [5, 5.41) is 16.6. The smallest absolute Gasteiger partial charge is 0.250 e. The maximum absolute atomic E-state index is 14.2. The first-order valence-corrected chi connectivity index (χ1v) is 13.6. The number of likely N-dealkylation sites (tertiary alicyclic amines) is 1. The van der Waals surface area contributed by atoms with Crippen LogP contribution in [0.3, 0.4) is 0 Å². The number of anilines is 2. The molecule has 2 aromatic carbocycles. The zero-order valence-corrected chi connectivity index (χ0v) is 22.6. The molecule has 38 heavy (non-hydrogen) atoms. The van der Waals surface area contributed by atoms with Crippen molar-refractivity contribution < 1.29 is 24.2 Å². The maximum atomic E-state index is 14.2. The lowest BCUT2D eigenvalue weighted by Gasteiger charge is -2.37. The van der Waals surface area contributed by atoms with E-state index in [1.807, 2.05) is 45.0 Å². The van der Waals surface area contributed by atoms with E-state index in [2.05, 4.69) is 10.6 Å². The zero-order valence-electron chi connectivity index (χ0n) is 21.8. The van der Waals surface area contributed by atoms with Crippen molar-refractivity contribution in [2.75, 3.05) is 17.2 Å². The van der Waals surface area contributed by atoms with Crippen LogP contribution in [0.5, 0.6) is 0 Å². The molecule has 6 atom stereocenters. The summed E-state index contributed by atoms with van der Waals surface area (Å²) in [5.74, 6) is -2.44. The molecule has 5 rings (SSSR count). The van der Waals surface area contributed by atoms with Crippen molar-refractivity contribution in [1.29, 1.82) is 0 Å². The molecular weight excluding hydrogens is 506 g/mol. The summed E-state index contributed by atoms with van der Waals surface area (Å²) in [5.41, 5.74) is 0.729. The number of hydrogen-bond donors (Lipinski definition) is 3. The predicted molar refractivity (Wildman–Crippen MR) is 145 cm³/mol. The van der Waals surface area contributed by atoms with Gasteiger partial charge in [0, 0.05) is 5.69 Å². The molecule has 3 saturated heterocycles. The number of benzene rings is 2. The molecule has 0 saturated carbocycles. The highest BCUT2D eigenvalue weighted by Gasteiger charge is 2.75. The van der Waals surface area contributed by atoms with Crippen molar-refractivity contribution in [3.8, 4) is 0 Å². The number of halogens is 1. The van der Waals surface area contributed by atoms with E-state index >= 15 is 0 Å². The zero-order chi connectivity index (χ0) is 27.2. The highest BCUT2D eigenvalue weighted by Crippen LogP contribution is 2.59. The third-order valence-corrected chi connectivity index (χ3v) is 8.46. The van der Waals surface area contributed by atoms with E-state index in [0.717, 1.165) is 5.56 Å². The van der Waals surface area contributed by atoms with E-state index < -0.39 is 41.5 Å². The van der Waals surface area contributed by atoms with Crippen LogP contribution in [0.1, 0.15) is 38.7 Å². The number of nitrogens with one attached hydrogen (secondary N) is 2. The summed E-state index contributed by atoms with van der Waals surface area (Å²) in [6, 6.07) is 12.8. The largest absolute Gasteiger partial charge is 0.394 e. The van der Waals surface area contributed by atoms with Crippen LogP contribution in [-0.2, 0) is 19.1 Å². The van der Waals surface area contributed by atoms with Crippen LogP contribution in [0, 0.1) is 24.7 Å². The number of hydrogen-bond acceptors (Lipinski definition) is 5. The second-order valence-electron chi connectivity index (χ2n) is 11.0. The molecule has 0 aromatic heterocycles. The van der Waals surface area contributed by atoms with Gasteiger partial charge in [0.25, 0.3) is 0 Å². The van der Waals surface area contributed by atoms with Crippen molar-refractivity contribution >= 4 is 40.7 Å². The van der Waals surface area contributed by atoms with Crippen molar-refractivity contribution in [3.05, 3.63) is 59.1 Å². The van der Waals surface area contributed by atoms with Gasteiger partial charge in [0.2, 0.25) is 17.7 Å². The summed E-state index contributed by atoms with van der Waals surface area (Å²) < 4.78 is 6.49. The number of ether oxygens (including phenoxy) is 1. The summed E-state index contributed by atoms with van der Waals surface area (Å²) in [7, 11) is 0. The number of carbonyl (C=O) groups is 3. The second-order valence-corrected chi connectivity index (χ2v) is 11.5. The van der Waals surface area contributed by atoms with Gasteiger partial charge in [0.15, 0.2) is 0 Å². The van der Waals surface area contributed by atoms with Crippen LogP contribution < -0.4 is 10.6 Å². The van der Waals surface area contributed by atoms with E-state index in [0.29, 0.717) is 35.7 Å². The quantitative estimate of drug-likeness (QED) is 0.470. The fraction of sp³-hybridized carbons (Fsp3) is 0.483. The molecule has 3 aliphatic heterocycles. The van der Waals surface area contributed by atoms with Gasteiger partial charge in [-0.15, -0.1) is 0 Å². The van der Waals surface area contributed by atoms with Crippen LogP contribution in [-0.4, -0.2) is 58.1 Å². The van der Waals surface area contributed by atoms with E-state index in [1.165, 1.54) is 4.90 Å². The van der Waals surface area contributed by atoms with Gasteiger partial charge >= 0.3 is 0 Å². The Morgan fingerprint density at radius 2 is 1.87 bits per heavy atom. The van der Waals surface area contributed by atoms with Crippen LogP contribution in [0.4, 0.5) is 11.4 Å². The van der Waals surface area contributed by atoms with Crippen molar-refractivity contribution in [2.24, 2.45) is 17.8 Å². The van der Waals surface area contributed by atoms with Gasteiger partial charge in [0.05, 0.1) is 41.3 Å². The molecule has 1 spiro atoms. The highest BCUT2D eigenvalue weighted by atomic mass is 35.5. The van der Waals surface area contributed by atoms with E-state index in [4.69, 9.17) is 16.3 Å². The molecule has 8 nitrogen and oxygen atoms in total. The summed E-state index contributed by atoms with van der Waals surface area (Å²) >= 11 is 6.41. The SMILES string of the molecule is Cc1cccc(Cl)c1NC(=O)C1N([C@@H](CO)CC(C)C)C(=O)[C@@H]2[C@H](C(=O)Nc3ccccc3)[C@@H]3CCC12O3. The lowest BCUT2D eigenvalue weighted by Crippen LogP contribution is -2.56. The number of nitrogens with zero attached hydrogens (tertiary/aromatic N) is 1. The number of aryl methyl sites for hydroxylation is 1. The number of fused-ring (bicyclic) bond motifs is 1. The number of para-hydroxylation sites is 2. The first kappa shape index (κ1) is 26.7. The number of rotatable bonds is 8. The van der Waals surface area contributed by atoms with Crippen LogP contribution >= 0.6 is 11.6 Å². The van der Waals surface area contributed by atoms with Crippen LogP contribution in [0.15, 0.2) is 48.5 Å². The Morgan fingerprint density at radius 3 is 2.53 bits per heavy atom. The fourth-order valence-electron chi connectivity index (χ4n) is 6.63. The molecule has 3 N–H and O–H groups in total. The molecule has 0 aliphatic carbocycles. The lowest BCUT2D eigenvalue weighted by molar-refractivity contribution is -0.143. The van der Waals surface area contributed by atoms with Gasteiger partial charge in [-0.1, -0.05) is 55.8 Å². The Morgan fingerprint density at radius 1 is 1.13 bits per heavy atom. The van der Waals surface area contributed by atoms with Gasteiger partial charge in [-0.3, -0.25) is 14.4 Å². The Bertz CT molecular complexity index is 1220. The summed E-state index contributed by atoms with van der Waals surface area (Å²) in [6.07, 6.45) is 1.07. The molecule has 3 aliphatic rings. The predicted octanol–water partition coefficient (Wildman–Crippen LogP) is 4.01. The van der Waals surface area contributed by atoms with Crippen molar-refractivity contribution in [3.63, 3.8) is 0 Å². The monoisotopic (exact) mass is 539 g/mol. The minimum Gasteiger partial charge on any atom is -0.394 e. The molecule has 2 unspecified atom stereocenters. The molecule has 3 amide bonds. The molecule has 202 valence electrons. The summed E-state index contributed by atoms with van der Waals surface area (Å²) in [4.78, 5) is 43.3. The normalized spacial score (nSPS) is 28.5. The first-order valence-electron chi connectivity index (χ1n) is 13.2. The highest BCUT2D eigenvalue weighted by molar-refractivity contribution is 6.34. The van der Waals surface area contributed by atoms with Crippen molar-refractivity contribution in [2.45, 2.75) is 63.8 Å². The molecular formula is C29H34ClN3O5. The standard InChI is InChI=1S/C29H34ClN3O5/c1-16(2)14-19(15-34)33-25(27(36)32-24-17(3)8-7-11-20(24)30)29-13-12-21(38-29)22(23(29)28(33)37)26(35)31-18-9-5-4-6-10-18/h4-11,16,19,21-23,25,34H,12-15H2,1-3H3,(H,31,35)(H,32,36)/t19-,21+,22-,23+,25?,29?/m1/s1. The van der Waals surface area contributed by atoms with E-state index in [1.54, 1.807) is 24.3 Å². The minimum atomic E-state index is -1.16. The van der Waals surface area contributed by atoms with Gasteiger partial charge in [-0.25, -0.2) is 0 Å². The summed E-state index contributed by atoms with van der Waals surface area (Å²) in [6.45, 7) is 5.55. The van der Waals surface area contributed by atoms with E-state index in [9.17, 15) is 19.5 Å². The topological polar surface area (TPSA) is 108 Å². The first-order chi connectivity index (χ1) is 18.2. The Kier molecular flexibility index (Phi) is 7.24. The van der Waals surface area contributed by atoms with Crippen LogP contribution in [0.25, 0.3) is 0 Å². The Hall–Kier alpha value is -2.94. The minimum absolute atomic E-state index is 0.168. The third kappa shape index (κ3) is 4.38. The number of carbonyl (C=O) groups excluding carboxylic acids is 3. The average molecular weight is 540 g/mol. The van der Waals surface area contributed by atoms with Gasteiger partial charge in [-0.2, -0.15) is 0 Å². The third-order valence-electron chi connectivity index (χ3n) is 8.15. The number of amides is 3.